The number of rotatable bonds is 5. The summed E-state index contributed by atoms with van der Waals surface area (Å²) in [6.45, 7) is 5.50. The number of hydrogen-bond donors (Lipinski definition) is 8. The van der Waals surface area contributed by atoms with Crippen molar-refractivity contribution in [2.75, 3.05) is 17.2 Å². The molecule has 0 unspecified atom stereocenters. The largest absolute Gasteiger partial charge is 0.412 e. The molecular formula is C52H64N16O4. The van der Waals surface area contributed by atoms with Crippen LogP contribution in [-0.4, -0.2) is 56.4 Å². The first-order chi connectivity index (χ1) is 32.9. The minimum atomic E-state index is -0.215. The SMILES string of the molecule is C.Cc1c(N)c(=O)n(-c2ccccc2)n1C.Cc1c(N=C2C=CC(N)=CC2=N)c(=O)n(-c2ccccc2)n1C.Cc1c(N=C2C=CC(N)=CC2=N)c(=O)n(-c2ccccc2)n1C.N.Nc1cccc(N)c1.O. The van der Waals surface area contributed by atoms with Crippen LogP contribution in [0.15, 0.2) is 187 Å². The Hall–Kier alpha value is -9.53. The quantitative estimate of drug-likeness (QED) is 0.0754. The van der Waals surface area contributed by atoms with Crippen molar-refractivity contribution in [3.8, 4) is 17.1 Å². The molecule has 3 heterocycles. The van der Waals surface area contributed by atoms with Gasteiger partial charge in [-0.1, -0.05) is 68.1 Å². The summed E-state index contributed by atoms with van der Waals surface area (Å²) in [6, 6.07) is 35.4. The molecule has 2 aliphatic carbocycles. The summed E-state index contributed by atoms with van der Waals surface area (Å²) in [4.78, 5) is 46.1. The first-order valence-corrected chi connectivity index (χ1v) is 21.4. The van der Waals surface area contributed by atoms with Crippen molar-refractivity contribution in [3.63, 3.8) is 0 Å². The van der Waals surface area contributed by atoms with Crippen molar-refractivity contribution in [2.24, 2.45) is 42.6 Å². The molecule has 0 aliphatic heterocycles. The van der Waals surface area contributed by atoms with Crippen LogP contribution < -0.4 is 51.5 Å². The summed E-state index contributed by atoms with van der Waals surface area (Å²) in [5, 5.41) is 15.9. The van der Waals surface area contributed by atoms with E-state index in [0.29, 0.717) is 51.3 Å². The third kappa shape index (κ3) is 12.6. The van der Waals surface area contributed by atoms with E-state index in [9.17, 15) is 14.4 Å². The molecular weight excluding hydrogens is 913 g/mol. The molecule has 0 atom stereocenters. The number of aliphatic imine (C=N–C) groups is 2. The maximum Gasteiger partial charge on any atom is 0.297 e. The van der Waals surface area contributed by atoms with Crippen LogP contribution in [-0.2, 0) is 21.1 Å². The molecule has 7 aromatic rings. The van der Waals surface area contributed by atoms with Gasteiger partial charge in [0.2, 0.25) is 0 Å². The van der Waals surface area contributed by atoms with Gasteiger partial charge >= 0.3 is 0 Å². The topological polar surface area (TPSA) is 350 Å². The Morgan fingerprint density at radius 3 is 1.06 bits per heavy atom. The van der Waals surface area contributed by atoms with E-state index < -0.39 is 0 Å². The highest BCUT2D eigenvalue weighted by Gasteiger charge is 2.19. The third-order valence-electron chi connectivity index (χ3n) is 11.1. The molecule has 0 radical (unpaired) electrons. The molecule has 3 aromatic heterocycles. The maximum absolute atomic E-state index is 12.8. The fraction of sp³-hybridized carbons (Fsp3) is 0.135. The Morgan fingerprint density at radius 2 is 0.778 bits per heavy atom. The highest BCUT2D eigenvalue weighted by Crippen LogP contribution is 2.20. The molecule has 0 saturated carbocycles. The van der Waals surface area contributed by atoms with E-state index in [1.807, 2.05) is 139 Å². The standard InChI is InChI=1S/2C17H17N5O.C11H13N3O.C6H8N2.CH4.H3N.H2O/c2*1-11-16(20-15-9-8-12(18)10-14(15)19)17(23)22(21(11)2)13-6-4-3-5-7-13;1-8-10(12)11(15)14(13(8)2)9-6-4-3-5-7-9;7-5-2-1-3-6(8)4-5;;;/h2*3-10,19H,18H2,1-2H3;3-7H,12H2,1-2H3;1-4H,7-8H2;1H4;1H3;1H2. The summed E-state index contributed by atoms with van der Waals surface area (Å²) in [6.07, 6.45) is 9.68. The van der Waals surface area contributed by atoms with Gasteiger partial charge in [0.15, 0.2) is 11.4 Å². The molecule has 17 N–H and O–H groups in total. The molecule has 0 fully saturated rings. The molecule has 72 heavy (non-hydrogen) atoms. The van der Waals surface area contributed by atoms with Gasteiger partial charge in [0.1, 0.15) is 5.69 Å². The summed E-state index contributed by atoms with van der Waals surface area (Å²) in [7, 11) is 5.45. The van der Waals surface area contributed by atoms with Gasteiger partial charge in [-0.25, -0.2) is 24.0 Å². The second-order valence-corrected chi connectivity index (χ2v) is 15.7. The summed E-state index contributed by atoms with van der Waals surface area (Å²) >= 11 is 0. The lowest BCUT2D eigenvalue weighted by Gasteiger charge is -2.07. The molecule has 0 bridgehead atoms. The summed E-state index contributed by atoms with van der Waals surface area (Å²) < 4.78 is 9.97. The number of hydrogen-bond acceptors (Lipinski definition) is 13. The van der Waals surface area contributed by atoms with E-state index in [0.717, 1.165) is 34.1 Å². The minimum Gasteiger partial charge on any atom is -0.412 e. The van der Waals surface area contributed by atoms with Gasteiger partial charge < -0.3 is 40.3 Å². The maximum atomic E-state index is 12.8. The zero-order valence-corrected chi connectivity index (χ0v) is 40.3. The van der Waals surface area contributed by atoms with E-state index in [2.05, 4.69) is 9.98 Å². The molecule has 2 aliphatic rings. The Labute approximate surface area is 416 Å². The van der Waals surface area contributed by atoms with Gasteiger partial charge in [0.05, 0.1) is 57.0 Å². The monoisotopic (exact) mass is 977 g/mol. The second-order valence-electron chi connectivity index (χ2n) is 15.7. The van der Waals surface area contributed by atoms with E-state index in [1.54, 1.807) is 70.6 Å². The van der Waals surface area contributed by atoms with Crippen molar-refractivity contribution < 1.29 is 5.48 Å². The first-order valence-electron chi connectivity index (χ1n) is 21.4. The van der Waals surface area contributed by atoms with Crippen LogP contribution in [0.1, 0.15) is 24.5 Å². The molecule has 0 spiro atoms. The molecule has 376 valence electrons. The normalized spacial score (nSPS) is 13.4. The number of para-hydroxylation sites is 3. The second kappa shape index (κ2) is 24.7. The zero-order chi connectivity index (χ0) is 50.1. The van der Waals surface area contributed by atoms with Crippen LogP contribution in [0.2, 0.25) is 0 Å². The average molecular weight is 977 g/mol. The molecule has 9 rings (SSSR count). The Balaban J connectivity index is 0.000000264. The fourth-order valence-electron chi connectivity index (χ4n) is 7.06. The van der Waals surface area contributed by atoms with Gasteiger partial charge in [-0.2, -0.15) is 0 Å². The molecule has 20 nitrogen and oxygen atoms in total. The lowest BCUT2D eigenvalue weighted by atomic mass is 10.1. The van der Waals surface area contributed by atoms with E-state index in [4.69, 9.17) is 39.5 Å². The van der Waals surface area contributed by atoms with Crippen molar-refractivity contribution in [3.05, 3.63) is 211 Å². The number of anilines is 3. The van der Waals surface area contributed by atoms with Crippen LogP contribution in [0, 0.1) is 31.6 Å². The van der Waals surface area contributed by atoms with Crippen LogP contribution in [0.5, 0.6) is 0 Å². The summed E-state index contributed by atoms with van der Waals surface area (Å²) in [5.41, 5.74) is 36.4. The summed E-state index contributed by atoms with van der Waals surface area (Å²) in [5.74, 6) is 0. The van der Waals surface area contributed by atoms with Crippen LogP contribution >= 0.6 is 0 Å². The lowest BCUT2D eigenvalue weighted by molar-refractivity contribution is 0.630. The molecule has 0 amide bonds. The number of nitrogen functional groups attached to an aromatic ring is 3. The van der Waals surface area contributed by atoms with Gasteiger partial charge in [0.25, 0.3) is 16.7 Å². The van der Waals surface area contributed by atoms with E-state index in [-0.39, 0.29) is 47.2 Å². The van der Waals surface area contributed by atoms with Crippen LogP contribution in [0.4, 0.5) is 28.4 Å². The number of nitrogens with zero attached hydrogens (tertiary/aromatic N) is 8. The lowest BCUT2D eigenvalue weighted by Crippen LogP contribution is -2.20. The van der Waals surface area contributed by atoms with E-state index in [1.165, 1.54) is 12.2 Å². The van der Waals surface area contributed by atoms with Gasteiger partial charge in [0, 0.05) is 43.9 Å². The Morgan fingerprint density at radius 1 is 0.458 bits per heavy atom. The van der Waals surface area contributed by atoms with Crippen LogP contribution in [0.25, 0.3) is 17.1 Å². The van der Waals surface area contributed by atoms with Crippen molar-refractivity contribution >= 4 is 51.3 Å². The highest BCUT2D eigenvalue weighted by molar-refractivity contribution is 6.51. The van der Waals surface area contributed by atoms with Crippen molar-refractivity contribution in [1.82, 2.24) is 34.2 Å². The third-order valence-corrected chi connectivity index (χ3v) is 11.1. The van der Waals surface area contributed by atoms with Crippen molar-refractivity contribution in [2.45, 2.75) is 28.2 Å². The predicted octanol–water partition coefficient (Wildman–Crippen LogP) is 5.87. The van der Waals surface area contributed by atoms with Crippen LogP contribution in [0.3, 0.4) is 0 Å². The Kier molecular flexibility index (Phi) is 19.5. The predicted molar refractivity (Wildman–Crippen MR) is 295 cm³/mol. The number of nitrogens with one attached hydrogen (secondary N) is 2. The van der Waals surface area contributed by atoms with Gasteiger partial charge in [-0.15, -0.1) is 0 Å². The average Bonchev–Trinajstić information content (AvgIpc) is 3.77. The van der Waals surface area contributed by atoms with Crippen molar-refractivity contribution in [1.29, 1.82) is 10.8 Å². The van der Waals surface area contributed by atoms with Gasteiger partial charge in [-0.3, -0.25) is 39.2 Å². The highest BCUT2D eigenvalue weighted by atomic mass is 16.1. The zero-order valence-electron chi connectivity index (χ0n) is 40.3. The molecule has 20 heteroatoms. The minimum absolute atomic E-state index is 0. The first kappa shape index (κ1) is 56.8. The smallest absolute Gasteiger partial charge is 0.297 e. The molecule has 0 saturated heterocycles. The van der Waals surface area contributed by atoms with E-state index >= 15 is 0 Å². The number of allylic oxidation sites excluding steroid dienone is 6. The Bertz CT molecular complexity index is 3260. The number of benzene rings is 4. The number of aromatic nitrogens is 6. The fourth-order valence-corrected chi connectivity index (χ4v) is 7.06. The van der Waals surface area contributed by atoms with Gasteiger partial charge in [-0.05, 0) is 112 Å². The molecule has 4 aromatic carbocycles. The number of nitrogens with two attached hydrogens (primary N) is 5.